The Balaban J connectivity index is 1.97. The fourth-order valence-electron chi connectivity index (χ4n) is 2.74. The summed E-state index contributed by atoms with van der Waals surface area (Å²) >= 11 is 3.37. The Hall–Kier alpha value is -3.13. The highest BCUT2D eigenvalue weighted by molar-refractivity contribution is 9.10. The van der Waals surface area contributed by atoms with Crippen LogP contribution in [0.2, 0.25) is 0 Å². The summed E-state index contributed by atoms with van der Waals surface area (Å²) < 4.78 is 22.5. The summed E-state index contributed by atoms with van der Waals surface area (Å²) in [5.41, 5.74) is 1.18. The third kappa shape index (κ3) is 5.07. The molecule has 0 bridgehead atoms. The summed E-state index contributed by atoms with van der Waals surface area (Å²) in [6, 6.07) is 10.3. The van der Waals surface area contributed by atoms with Gasteiger partial charge in [-0.2, -0.15) is 0 Å². The van der Waals surface area contributed by atoms with E-state index in [9.17, 15) is 9.59 Å². The van der Waals surface area contributed by atoms with Crippen molar-refractivity contribution < 1.29 is 28.5 Å². The molecule has 0 spiro atoms. The normalized spacial score (nSPS) is 14.3. The largest absolute Gasteiger partial charge is 0.490 e. The standard InChI is InChI=1S/C22H20BrNO6/c1-4-27-19-8-6-14(12-20(19)28-5-2)21-24-17(22(26)30-21)11-15-10-16(23)7-9-18(15)29-13(3)25/h6-12H,4-5H2,1-3H3/b17-11-. The molecule has 0 unspecified atom stereocenters. The van der Waals surface area contributed by atoms with E-state index in [1.165, 1.54) is 13.0 Å². The molecule has 0 amide bonds. The maximum absolute atomic E-state index is 12.4. The number of carbonyl (C=O) groups excluding carboxylic acids is 2. The molecule has 0 N–H and O–H groups in total. The minimum absolute atomic E-state index is 0.0864. The lowest BCUT2D eigenvalue weighted by Gasteiger charge is -2.11. The van der Waals surface area contributed by atoms with Crippen molar-refractivity contribution in [3.63, 3.8) is 0 Å². The van der Waals surface area contributed by atoms with Crippen LogP contribution >= 0.6 is 15.9 Å². The van der Waals surface area contributed by atoms with Crippen molar-refractivity contribution in [2.45, 2.75) is 20.8 Å². The summed E-state index contributed by atoms with van der Waals surface area (Å²) in [5, 5.41) is 0. The number of hydrogen-bond acceptors (Lipinski definition) is 7. The average molecular weight is 474 g/mol. The van der Waals surface area contributed by atoms with Crippen LogP contribution < -0.4 is 14.2 Å². The van der Waals surface area contributed by atoms with E-state index in [4.69, 9.17) is 18.9 Å². The van der Waals surface area contributed by atoms with Crippen molar-refractivity contribution in [1.29, 1.82) is 0 Å². The second-order valence-electron chi connectivity index (χ2n) is 6.14. The van der Waals surface area contributed by atoms with Crippen molar-refractivity contribution >= 4 is 39.8 Å². The zero-order valence-corrected chi connectivity index (χ0v) is 18.3. The fourth-order valence-corrected chi connectivity index (χ4v) is 3.12. The van der Waals surface area contributed by atoms with E-state index in [2.05, 4.69) is 20.9 Å². The SMILES string of the molecule is CCOc1ccc(C2=N/C(=C\c3cc(Br)ccc3OC(C)=O)C(=O)O2)cc1OCC. The number of halogens is 1. The maximum Gasteiger partial charge on any atom is 0.363 e. The van der Waals surface area contributed by atoms with E-state index < -0.39 is 11.9 Å². The van der Waals surface area contributed by atoms with Crippen LogP contribution in [0.15, 0.2) is 51.6 Å². The van der Waals surface area contributed by atoms with Crippen molar-refractivity contribution in [2.24, 2.45) is 4.99 Å². The fraction of sp³-hybridized carbons (Fsp3) is 0.227. The van der Waals surface area contributed by atoms with Gasteiger partial charge in [-0.1, -0.05) is 15.9 Å². The molecule has 2 aromatic carbocycles. The van der Waals surface area contributed by atoms with Gasteiger partial charge < -0.3 is 18.9 Å². The predicted molar refractivity (Wildman–Crippen MR) is 115 cm³/mol. The maximum atomic E-state index is 12.4. The van der Waals surface area contributed by atoms with E-state index in [0.29, 0.717) is 41.6 Å². The first-order valence-electron chi connectivity index (χ1n) is 9.31. The molecule has 3 rings (SSSR count). The lowest BCUT2D eigenvalue weighted by atomic mass is 10.1. The van der Waals surface area contributed by atoms with Crippen molar-refractivity contribution in [3.8, 4) is 17.2 Å². The van der Waals surface area contributed by atoms with Crippen LogP contribution in [-0.4, -0.2) is 31.1 Å². The van der Waals surface area contributed by atoms with Gasteiger partial charge in [-0.25, -0.2) is 9.79 Å². The topological polar surface area (TPSA) is 83.4 Å². The van der Waals surface area contributed by atoms with Crippen molar-refractivity contribution in [3.05, 3.63) is 57.7 Å². The van der Waals surface area contributed by atoms with E-state index in [1.54, 1.807) is 36.4 Å². The van der Waals surface area contributed by atoms with Gasteiger partial charge in [-0.3, -0.25) is 4.79 Å². The summed E-state index contributed by atoms with van der Waals surface area (Å²) in [6.07, 6.45) is 1.51. The molecule has 1 aliphatic rings. The molecule has 30 heavy (non-hydrogen) atoms. The number of benzene rings is 2. The summed E-state index contributed by atoms with van der Waals surface area (Å²) in [6.45, 7) is 6.02. The Labute approximate surface area is 182 Å². The van der Waals surface area contributed by atoms with Crippen LogP contribution in [0.5, 0.6) is 17.2 Å². The molecular formula is C22H20BrNO6. The Kier molecular flexibility index (Phi) is 6.89. The molecule has 0 aliphatic carbocycles. The summed E-state index contributed by atoms with van der Waals surface area (Å²) in [4.78, 5) is 28.0. The highest BCUT2D eigenvalue weighted by atomic mass is 79.9. The molecular weight excluding hydrogens is 454 g/mol. The molecule has 8 heteroatoms. The number of ether oxygens (including phenoxy) is 4. The van der Waals surface area contributed by atoms with Gasteiger partial charge in [0.1, 0.15) is 5.75 Å². The molecule has 0 saturated heterocycles. The minimum atomic E-state index is -0.606. The third-order valence-electron chi connectivity index (χ3n) is 3.93. The smallest absolute Gasteiger partial charge is 0.363 e. The molecule has 0 fully saturated rings. The van der Waals surface area contributed by atoms with Crippen LogP contribution in [0.25, 0.3) is 6.08 Å². The molecule has 2 aromatic rings. The molecule has 0 atom stereocenters. The first kappa shape index (κ1) is 21.6. The van der Waals surface area contributed by atoms with E-state index in [-0.39, 0.29) is 11.6 Å². The second-order valence-corrected chi connectivity index (χ2v) is 7.06. The van der Waals surface area contributed by atoms with Crippen molar-refractivity contribution in [1.82, 2.24) is 0 Å². The van der Waals surface area contributed by atoms with Gasteiger partial charge in [0.2, 0.25) is 5.90 Å². The molecule has 1 heterocycles. The first-order valence-corrected chi connectivity index (χ1v) is 10.1. The van der Waals surface area contributed by atoms with Crippen LogP contribution in [-0.2, 0) is 14.3 Å². The Bertz CT molecular complexity index is 1040. The highest BCUT2D eigenvalue weighted by Crippen LogP contribution is 2.31. The number of rotatable bonds is 7. The number of aliphatic imine (C=N–C) groups is 1. The molecule has 7 nitrogen and oxygen atoms in total. The lowest BCUT2D eigenvalue weighted by molar-refractivity contribution is -0.132. The quantitative estimate of drug-likeness (QED) is 0.334. The third-order valence-corrected chi connectivity index (χ3v) is 4.42. The van der Waals surface area contributed by atoms with Crippen LogP contribution in [0.4, 0.5) is 0 Å². The van der Waals surface area contributed by atoms with Gasteiger partial charge >= 0.3 is 11.9 Å². The number of hydrogen-bond donors (Lipinski definition) is 0. The molecule has 156 valence electrons. The summed E-state index contributed by atoms with van der Waals surface area (Å²) in [5.74, 6) is 0.536. The van der Waals surface area contributed by atoms with Gasteiger partial charge in [0, 0.05) is 22.5 Å². The molecule has 0 saturated carbocycles. The Morgan fingerprint density at radius 1 is 1.07 bits per heavy atom. The van der Waals surface area contributed by atoms with Gasteiger partial charge in [0.05, 0.1) is 13.2 Å². The molecule has 1 aliphatic heterocycles. The minimum Gasteiger partial charge on any atom is -0.490 e. The number of cyclic esters (lactones) is 1. The van der Waals surface area contributed by atoms with Crippen molar-refractivity contribution in [2.75, 3.05) is 13.2 Å². The van der Waals surface area contributed by atoms with Gasteiger partial charge in [-0.15, -0.1) is 0 Å². The zero-order chi connectivity index (χ0) is 21.7. The van der Waals surface area contributed by atoms with Gasteiger partial charge in [0.15, 0.2) is 17.2 Å². The van der Waals surface area contributed by atoms with Gasteiger partial charge in [0.25, 0.3) is 0 Å². The van der Waals surface area contributed by atoms with E-state index in [0.717, 1.165) is 4.47 Å². The highest BCUT2D eigenvalue weighted by Gasteiger charge is 2.25. The van der Waals surface area contributed by atoms with Crippen LogP contribution in [0, 0.1) is 0 Å². The zero-order valence-electron chi connectivity index (χ0n) is 16.7. The predicted octanol–water partition coefficient (Wildman–Crippen LogP) is 4.52. The summed E-state index contributed by atoms with van der Waals surface area (Å²) in [7, 11) is 0. The number of esters is 2. The number of carbonyl (C=O) groups is 2. The van der Waals surface area contributed by atoms with Crippen LogP contribution in [0.1, 0.15) is 31.9 Å². The van der Waals surface area contributed by atoms with E-state index in [1.807, 2.05) is 13.8 Å². The van der Waals surface area contributed by atoms with Crippen LogP contribution in [0.3, 0.4) is 0 Å². The molecule has 0 radical (unpaired) electrons. The average Bonchev–Trinajstić information content (AvgIpc) is 3.06. The second kappa shape index (κ2) is 9.58. The Morgan fingerprint density at radius 3 is 2.47 bits per heavy atom. The lowest BCUT2D eigenvalue weighted by Crippen LogP contribution is -2.07. The van der Waals surface area contributed by atoms with Gasteiger partial charge in [-0.05, 0) is 56.3 Å². The molecule has 0 aromatic heterocycles. The Morgan fingerprint density at radius 2 is 1.77 bits per heavy atom. The first-order chi connectivity index (χ1) is 14.4. The van der Waals surface area contributed by atoms with E-state index >= 15 is 0 Å². The monoisotopic (exact) mass is 473 g/mol. The number of nitrogens with zero attached hydrogens (tertiary/aromatic N) is 1.